The van der Waals surface area contributed by atoms with E-state index in [0.717, 1.165) is 18.4 Å². The molecule has 3 heterocycles. The molecule has 0 aliphatic rings. The Morgan fingerprint density at radius 2 is 1.96 bits per heavy atom. The number of rotatable bonds is 10. The first-order valence-corrected chi connectivity index (χ1v) is 9.01. The molecule has 0 amide bonds. The summed E-state index contributed by atoms with van der Waals surface area (Å²) in [5.74, 6) is 0.830. The maximum Gasteiger partial charge on any atom is 0.320 e. The van der Waals surface area contributed by atoms with Crippen LogP contribution in [0.2, 0.25) is 0 Å². The van der Waals surface area contributed by atoms with Crippen molar-refractivity contribution in [2.45, 2.75) is 32.7 Å². The SMILES string of the molecule is CCCCOc1nc(N)c2ncn(Cc3ccc(OCCCO)nc3)c2n1. The predicted octanol–water partition coefficient (Wildman–Crippen LogP) is 1.79. The Kier molecular flexibility index (Phi) is 6.37. The lowest BCUT2D eigenvalue weighted by Crippen LogP contribution is -2.06. The molecule has 0 saturated carbocycles. The maximum atomic E-state index is 8.78. The zero-order valence-electron chi connectivity index (χ0n) is 15.3. The van der Waals surface area contributed by atoms with Crippen molar-refractivity contribution in [2.75, 3.05) is 25.6 Å². The molecule has 0 aliphatic heterocycles. The highest BCUT2D eigenvalue weighted by Crippen LogP contribution is 2.20. The van der Waals surface area contributed by atoms with Crippen molar-refractivity contribution in [2.24, 2.45) is 0 Å². The van der Waals surface area contributed by atoms with Gasteiger partial charge >= 0.3 is 6.01 Å². The van der Waals surface area contributed by atoms with E-state index in [4.69, 9.17) is 20.3 Å². The molecule has 0 atom stereocenters. The van der Waals surface area contributed by atoms with Gasteiger partial charge in [0.15, 0.2) is 17.0 Å². The van der Waals surface area contributed by atoms with E-state index in [-0.39, 0.29) is 12.6 Å². The predicted molar refractivity (Wildman–Crippen MR) is 101 cm³/mol. The largest absolute Gasteiger partial charge is 0.478 e. The fraction of sp³-hybridized carbons (Fsp3) is 0.444. The third-order valence-corrected chi connectivity index (χ3v) is 3.90. The van der Waals surface area contributed by atoms with E-state index in [2.05, 4.69) is 26.9 Å². The van der Waals surface area contributed by atoms with Gasteiger partial charge in [-0.25, -0.2) is 9.97 Å². The van der Waals surface area contributed by atoms with E-state index in [1.54, 1.807) is 18.6 Å². The van der Waals surface area contributed by atoms with Crippen LogP contribution >= 0.6 is 0 Å². The minimum atomic E-state index is 0.0981. The van der Waals surface area contributed by atoms with Crippen LogP contribution in [0, 0.1) is 0 Å². The quantitative estimate of drug-likeness (QED) is 0.517. The van der Waals surface area contributed by atoms with Gasteiger partial charge in [0.25, 0.3) is 0 Å². The van der Waals surface area contributed by atoms with Crippen LogP contribution in [0.25, 0.3) is 11.2 Å². The Morgan fingerprint density at radius 1 is 1.11 bits per heavy atom. The van der Waals surface area contributed by atoms with Gasteiger partial charge < -0.3 is 24.9 Å². The number of anilines is 1. The average Bonchev–Trinajstić information content (AvgIpc) is 3.07. The number of nitrogens with two attached hydrogens (primary N) is 1. The minimum Gasteiger partial charge on any atom is -0.478 e. The number of aliphatic hydroxyl groups excluding tert-OH is 1. The number of pyridine rings is 1. The lowest BCUT2D eigenvalue weighted by atomic mass is 10.3. The second-order valence-corrected chi connectivity index (χ2v) is 6.07. The number of ether oxygens (including phenoxy) is 2. The molecule has 0 radical (unpaired) electrons. The Labute approximate surface area is 157 Å². The van der Waals surface area contributed by atoms with Crippen molar-refractivity contribution >= 4 is 17.0 Å². The normalized spacial score (nSPS) is 11.0. The van der Waals surface area contributed by atoms with Gasteiger partial charge in [-0.3, -0.25) is 0 Å². The molecule has 0 spiro atoms. The molecule has 3 rings (SSSR count). The molecule has 0 unspecified atom stereocenters. The summed E-state index contributed by atoms with van der Waals surface area (Å²) in [5.41, 5.74) is 8.13. The van der Waals surface area contributed by atoms with E-state index < -0.39 is 0 Å². The molecule has 9 heteroatoms. The molecule has 9 nitrogen and oxygen atoms in total. The smallest absolute Gasteiger partial charge is 0.320 e. The van der Waals surface area contributed by atoms with Gasteiger partial charge in [-0.05, 0) is 12.0 Å². The van der Waals surface area contributed by atoms with Crippen LogP contribution < -0.4 is 15.2 Å². The standard InChI is InChI=1S/C18H24N6O3/c1-2-3-8-27-18-22-16(19)15-17(23-18)24(12-21-15)11-13-5-6-14(20-10-13)26-9-4-7-25/h5-6,10,12,25H,2-4,7-9,11H2,1H3,(H2,19,22,23). The van der Waals surface area contributed by atoms with Crippen LogP contribution in [0.4, 0.5) is 5.82 Å². The first kappa shape index (κ1) is 18.8. The maximum absolute atomic E-state index is 8.78. The van der Waals surface area contributed by atoms with Crippen LogP contribution in [-0.2, 0) is 6.54 Å². The van der Waals surface area contributed by atoms with Crippen molar-refractivity contribution in [3.63, 3.8) is 0 Å². The molecule has 0 bridgehead atoms. The third-order valence-electron chi connectivity index (χ3n) is 3.90. The molecule has 0 aromatic carbocycles. The van der Waals surface area contributed by atoms with Gasteiger partial charge in [0.1, 0.15) is 0 Å². The number of imidazole rings is 1. The van der Waals surface area contributed by atoms with E-state index in [9.17, 15) is 0 Å². The van der Waals surface area contributed by atoms with E-state index in [1.165, 1.54) is 0 Å². The van der Waals surface area contributed by atoms with Crippen LogP contribution in [0.5, 0.6) is 11.9 Å². The van der Waals surface area contributed by atoms with Crippen molar-refractivity contribution in [3.05, 3.63) is 30.2 Å². The van der Waals surface area contributed by atoms with Crippen LogP contribution in [0.1, 0.15) is 31.7 Å². The highest BCUT2D eigenvalue weighted by atomic mass is 16.5. The van der Waals surface area contributed by atoms with E-state index in [1.807, 2.05) is 10.6 Å². The van der Waals surface area contributed by atoms with Crippen molar-refractivity contribution in [3.8, 4) is 11.9 Å². The van der Waals surface area contributed by atoms with Gasteiger partial charge in [0.05, 0.1) is 26.1 Å². The fourth-order valence-electron chi connectivity index (χ4n) is 2.46. The van der Waals surface area contributed by atoms with Crippen LogP contribution in [0.15, 0.2) is 24.7 Å². The Balaban J connectivity index is 1.74. The fourth-order valence-corrected chi connectivity index (χ4v) is 2.46. The number of nitrogens with zero attached hydrogens (tertiary/aromatic N) is 5. The molecule has 0 aliphatic carbocycles. The molecule has 144 valence electrons. The summed E-state index contributed by atoms with van der Waals surface area (Å²) in [6, 6.07) is 3.99. The number of nitrogen functional groups attached to an aromatic ring is 1. The van der Waals surface area contributed by atoms with Gasteiger partial charge in [-0.1, -0.05) is 19.4 Å². The molecule has 3 aromatic heterocycles. The summed E-state index contributed by atoms with van der Waals surface area (Å²) in [7, 11) is 0. The second kappa shape index (κ2) is 9.13. The molecular formula is C18H24N6O3. The summed E-state index contributed by atoms with van der Waals surface area (Å²) in [4.78, 5) is 17.2. The number of hydrogen-bond donors (Lipinski definition) is 2. The van der Waals surface area contributed by atoms with Gasteiger partial charge in [0, 0.05) is 25.3 Å². The second-order valence-electron chi connectivity index (χ2n) is 6.07. The van der Waals surface area contributed by atoms with E-state index in [0.29, 0.717) is 49.0 Å². The third kappa shape index (κ3) is 4.82. The molecule has 27 heavy (non-hydrogen) atoms. The summed E-state index contributed by atoms with van der Waals surface area (Å²) < 4.78 is 12.9. The zero-order chi connectivity index (χ0) is 19.1. The zero-order valence-corrected chi connectivity index (χ0v) is 15.3. The van der Waals surface area contributed by atoms with Crippen molar-refractivity contribution in [1.29, 1.82) is 0 Å². The number of fused-ring (bicyclic) bond motifs is 1. The van der Waals surface area contributed by atoms with Crippen LogP contribution in [-0.4, -0.2) is 49.4 Å². The van der Waals surface area contributed by atoms with Crippen molar-refractivity contribution in [1.82, 2.24) is 24.5 Å². The molecule has 3 N–H and O–H groups in total. The Hall–Kier alpha value is -2.94. The topological polar surface area (TPSA) is 121 Å². The number of aromatic nitrogens is 5. The van der Waals surface area contributed by atoms with Gasteiger partial charge in [-0.15, -0.1) is 0 Å². The summed E-state index contributed by atoms with van der Waals surface area (Å²) >= 11 is 0. The number of hydrogen-bond acceptors (Lipinski definition) is 8. The van der Waals surface area contributed by atoms with Crippen LogP contribution in [0.3, 0.4) is 0 Å². The van der Waals surface area contributed by atoms with Gasteiger partial charge in [0.2, 0.25) is 5.88 Å². The molecular weight excluding hydrogens is 348 g/mol. The molecule has 0 saturated heterocycles. The average molecular weight is 372 g/mol. The highest BCUT2D eigenvalue weighted by Gasteiger charge is 2.12. The summed E-state index contributed by atoms with van der Waals surface area (Å²) in [6.45, 7) is 3.71. The van der Waals surface area contributed by atoms with Crippen molar-refractivity contribution < 1.29 is 14.6 Å². The Bertz CT molecular complexity index is 865. The van der Waals surface area contributed by atoms with E-state index >= 15 is 0 Å². The number of unbranched alkanes of at least 4 members (excludes halogenated alkanes) is 1. The molecule has 0 fully saturated rings. The lowest BCUT2D eigenvalue weighted by molar-refractivity contribution is 0.229. The monoisotopic (exact) mass is 372 g/mol. The lowest BCUT2D eigenvalue weighted by Gasteiger charge is -2.08. The minimum absolute atomic E-state index is 0.0981. The highest BCUT2D eigenvalue weighted by molar-refractivity contribution is 5.81. The van der Waals surface area contributed by atoms with Gasteiger partial charge in [-0.2, -0.15) is 9.97 Å². The first-order chi connectivity index (χ1) is 13.2. The summed E-state index contributed by atoms with van der Waals surface area (Å²) in [6.07, 6.45) is 5.95. The Morgan fingerprint density at radius 3 is 2.70 bits per heavy atom. The molecule has 3 aromatic rings. The summed E-state index contributed by atoms with van der Waals surface area (Å²) in [5, 5.41) is 8.78. The first-order valence-electron chi connectivity index (χ1n) is 9.01. The number of aliphatic hydroxyl groups is 1.